The van der Waals surface area contributed by atoms with Crippen molar-refractivity contribution in [2.24, 2.45) is 0 Å². The second-order valence-electron chi connectivity index (χ2n) is 1.57. The van der Waals surface area contributed by atoms with Gasteiger partial charge in [-0.05, 0) is 0 Å². The van der Waals surface area contributed by atoms with Crippen LogP contribution in [-0.4, -0.2) is 15.7 Å². The van der Waals surface area contributed by atoms with Crippen LogP contribution < -0.4 is 0 Å². The summed E-state index contributed by atoms with van der Waals surface area (Å²) in [6.45, 7) is 1.53. The molecule has 1 unspecified atom stereocenters. The molecule has 0 aromatic carbocycles. The summed E-state index contributed by atoms with van der Waals surface area (Å²) in [5.74, 6) is 0. The molecule has 0 N–H and O–H groups in total. The standard InChI is InChI=1S/C3H4Cl4GeO/c1-2(3(4)9)8(5,6)7/h2H,1H3. The molecule has 0 aromatic heterocycles. The average molecular weight is 270 g/mol. The molecule has 1 atom stereocenters. The molecule has 0 aromatic rings. The summed E-state index contributed by atoms with van der Waals surface area (Å²) in [6.07, 6.45) is 0. The van der Waals surface area contributed by atoms with E-state index in [-0.39, 0.29) is 0 Å². The van der Waals surface area contributed by atoms with Crippen LogP contribution >= 0.6 is 41.6 Å². The third-order valence-corrected chi connectivity index (χ3v) is 9.26. The van der Waals surface area contributed by atoms with E-state index in [1.54, 1.807) is 0 Å². The van der Waals surface area contributed by atoms with Gasteiger partial charge in [0.15, 0.2) is 0 Å². The molecule has 0 spiro atoms. The molecule has 0 amide bonds. The van der Waals surface area contributed by atoms with Gasteiger partial charge in [-0.25, -0.2) is 0 Å². The molecule has 0 rings (SSSR count). The zero-order chi connectivity index (χ0) is 7.65. The van der Waals surface area contributed by atoms with Gasteiger partial charge in [0.25, 0.3) is 0 Å². The molecule has 0 fully saturated rings. The Morgan fingerprint density at radius 2 is 1.78 bits per heavy atom. The fraction of sp³-hybridized carbons (Fsp3) is 0.667. The first kappa shape index (κ1) is 10.4. The van der Waals surface area contributed by atoms with Gasteiger partial charge in [0.05, 0.1) is 0 Å². The van der Waals surface area contributed by atoms with Gasteiger partial charge in [-0.3, -0.25) is 0 Å². The van der Waals surface area contributed by atoms with Crippen LogP contribution in [0.15, 0.2) is 0 Å². The number of hydrogen-bond donors (Lipinski definition) is 0. The number of halogens is 4. The molecule has 54 valence electrons. The third kappa shape index (κ3) is 3.94. The summed E-state index contributed by atoms with van der Waals surface area (Å²) in [7, 11) is 13.1. The van der Waals surface area contributed by atoms with Crippen LogP contribution in [-0.2, 0) is 4.79 Å². The van der Waals surface area contributed by atoms with E-state index in [1.165, 1.54) is 6.92 Å². The first-order valence-corrected chi connectivity index (χ1v) is 12.0. The van der Waals surface area contributed by atoms with E-state index in [4.69, 9.17) is 41.6 Å². The third-order valence-electron chi connectivity index (χ3n) is 0.831. The Bertz CT molecular complexity index is 119. The monoisotopic (exact) mass is 270 g/mol. The van der Waals surface area contributed by atoms with E-state index in [0.717, 1.165) is 0 Å². The average Bonchev–Trinajstić information content (AvgIpc) is 1.62. The van der Waals surface area contributed by atoms with Gasteiger partial charge in [-0.15, -0.1) is 0 Å². The molecule has 1 nitrogen and oxygen atoms in total. The van der Waals surface area contributed by atoms with E-state index < -0.39 is 20.5 Å². The molecule has 6 heteroatoms. The van der Waals surface area contributed by atoms with Crippen molar-refractivity contribution in [3.8, 4) is 0 Å². The fourth-order valence-electron chi connectivity index (χ4n) is 0.129. The van der Waals surface area contributed by atoms with Gasteiger partial charge in [0.2, 0.25) is 0 Å². The molecule has 0 radical (unpaired) electrons. The minimum atomic E-state index is -3.34. The normalized spacial score (nSPS) is 15.2. The predicted octanol–water partition coefficient (Wildman–Crippen LogP) is 2.80. The van der Waals surface area contributed by atoms with Crippen molar-refractivity contribution in [2.45, 2.75) is 11.7 Å². The van der Waals surface area contributed by atoms with Crippen LogP contribution in [0.2, 0.25) is 4.75 Å². The molecule has 0 bridgehead atoms. The molecule has 0 aliphatic rings. The van der Waals surface area contributed by atoms with E-state index >= 15 is 0 Å². The molecule has 0 heterocycles. The zero-order valence-corrected chi connectivity index (χ0v) is 9.62. The fourth-order valence-corrected chi connectivity index (χ4v) is 3.93. The molecule has 0 saturated heterocycles. The van der Waals surface area contributed by atoms with Crippen LogP contribution in [0.25, 0.3) is 0 Å². The van der Waals surface area contributed by atoms with Crippen LogP contribution in [0, 0.1) is 0 Å². The Kier molecular flexibility index (Phi) is 4.23. The quantitative estimate of drug-likeness (QED) is 0.557. The second kappa shape index (κ2) is 3.67. The Morgan fingerprint density at radius 1 is 1.44 bits per heavy atom. The van der Waals surface area contributed by atoms with Gasteiger partial charge in [0.1, 0.15) is 0 Å². The Balaban J connectivity index is 4.04. The van der Waals surface area contributed by atoms with Crippen molar-refractivity contribution in [3.63, 3.8) is 0 Å². The number of carbonyl (C=O) groups is 1. The van der Waals surface area contributed by atoms with Crippen molar-refractivity contribution in [2.75, 3.05) is 0 Å². The summed E-state index contributed by atoms with van der Waals surface area (Å²) >= 11 is 5.07. The topological polar surface area (TPSA) is 17.1 Å². The molecule has 0 aliphatic carbocycles. The summed E-state index contributed by atoms with van der Waals surface area (Å²) in [5.41, 5.74) is 0. The SMILES string of the molecule is C[CH](C(=O)Cl)[Ge]([Cl])([Cl])[Cl]. The van der Waals surface area contributed by atoms with Crippen molar-refractivity contribution in [1.29, 1.82) is 0 Å². The van der Waals surface area contributed by atoms with Crippen molar-refractivity contribution in [1.82, 2.24) is 0 Å². The maximum atomic E-state index is 10.3. The number of carbonyl (C=O) groups excluding carboxylic acids is 1. The van der Waals surface area contributed by atoms with Gasteiger partial charge >= 0.3 is 73.8 Å². The summed E-state index contributed by atoms with van der Waals surface area (Å²) in [6, 6.07) is 0. The molecule has 9 heavy (non-hydrogen) atoms. The van der Waals surface area contributed by atoms with E-state index in [9.17, 15) is 4.79 Å². The molecule has 0 saturated carbocycles. The van der Waals surface area contributed by atoms with E-state index in [2.05, 4.69) is 0 Å². The van der Waals surface area contributed by atoms with Gasteiger partial charge in [-0.1, -0.05) is 0 Å². The van der Waals surface area contributed by atoms with Crippen LogP contribution in [0.3, 0.4) is 0 Å². The van der Waals surface area contributed by atoms with Gasteiger partial charge < -0.3 is 0 Å². The minimum absolute atomic E-state index is 0.560. The Labute approximate surface area is 73.5 Å². The van der Waals surface area contributed by atoms with Gasteiger partial charge in [-0.2, -0.15) is 0 Å². The van der Waals surface area contributed by atoms with Crippen molar-refractivity contribution in [3.05, 3.63) is 0 Å². The molecule has 0 aliphatic heterocycles. The zero-order valence-electron chi connectivity index (χ0n) is 4.50. The summed E-state index contributed by atoms with van der Waals surface area (Å²) < 4.78 is -0.573. The second-order valence-corrected chi connectivity index (χ2v) is 18.3. The first-order valence-electron chi connectivity index (χ1n) is 2.11. The van der Waals surface area contributed by atoms with E-state index in [1.807, 2.05) is 0 Å². The Hall–Kier alpha value is 1.37. The summed E-state index contributed by atoms with van der Waals surface area (Å²) in [5, 5.41) is -0.560. The Morgan fingerprint density at radius 3 is 1.78 bits per heavy atom. The predicted molar refractivity (Wildman–Crippen MR) is 43.6 cm³/mol. The van der Waals surface area contributed by atoms with Crippen LogP contribution in [0.4, 0.5) is 0 Å². The molecular weight excluding hydrogens is 266 g/mol. The van der Waals surface area contributed by atoms with Gasteiger partial charge in [0, 0.05) is 0 Å². The molecular formula is C3H4Cl4GeO. The first-order chi connectivity index (χ1) is 3.85. The van der Waals surface area contributed by atoms with E-state index in [0.29, 0.717) is 0 Å². The van der Waals surface area contributed by atoms with Crippen LogP contribution in [0.1, 0.15) is 6.92 Å². The number of rotatable bonds is 2. The van der Waals surface area contributed by atoms with Crippen molar-refractivity contribution < 1.29 is 4.79 Å². The summed E-state index contributed by atoms with van der Waals surface area (Å²) in [4.78, 5) is 10.3. The number of hydrogen-bond acceptors (Lipinski definition) is 1. The van der Waals surface area contributed by atoms with Crippen LogP contribution in [0.5, 0.6) is 0 Å². The maximum absolute atomic E-state index is 10.3. The van der Waals surface area contributed by atoms with Crippen molar-refractivity contribution >= 4 is 57.4 Å².